The van der Waals surface area contributed by atoms with Gasteiger partial charge in [-0.05, 0) is 6.07 Å². The number of nitro groups is 1. The van der Waals surface area contributed by atoms with Gasteiger partial charge in [0, 0.05) is 27.6 Å². The van der Waals surface area contributed by atoms with Gasteiger partial charge in [-0.25, -0.2) is 0 Å². The Labute approximate surface area is 88.3 Å². The lowest BCUT2D eigenvalue weighted by Crippen LogP contribution is -2.09. The van der Waals surface area contributed by atoms with Crippen LogP contribution in [0.15, 0.2) is 23.6 Å². The highest BCUT2D eigenvalue weighted by Crippen LogP contribution is 2.29. The Bertz CT molecular complexity index is 561. The van der Waals surface area contributed by atoms with Crippen LogP contribution in [-0.4, -0.2) is 10.8 Å². The van der Waals surface area contributed by atoms with Crippen LogP contribution in [-0.2, 0) is 0 Å². The minimum atomic E-state index is -0.518. The normalized spacial score (nSPS) is 10.4. The highest BCUT2D eigenvalue weighted by atomic mass is 32.1. The molecule has 0 bridgehead atoms. The highest BCUT2D eigenvalue weighted by Gasteiger charge is 2.12. The Morgan fingerprint density at radius 2 is 2.20 bits per heavy atom. The summed E-state index contributed by atoms with van der Waals surface area (Å²) in [5.41, 5.74) is 5.58. The molecule has 0 unspecified atom stereocenters. The van der Waals surface area contributed by atoms with Crippen LogP contribution >= 0.6 is 11.3 Å². The Hall–Kier alpha value is -1.95. The van der Waals surface area contributed by atoms with E-state index in [1.807, 2.05) is 0 Å². The second kappa shape index (κ2) is 3.32. The summed E-state index contributed by atoms with van der Waals surface area (Å²) < 4.78 is 0.693. The van der Waals surface area contributed by atoms with Crippen molar-refractivity contribution in [3.63, 3.8) is 0 Å². The first-order valence-electron chi connectivity index (χ1n) is 4.05. The van der Waals surface area contributed by atoms with Gasteiger partial charge in [0.2, 0.25) is 5.91 Å². The minimum Gasteiger partial charge on any atom is -0.366 e. The number of carbonyl (C=O) groups is 1. The average molecular weight is 222 g/mol. The van der Waals surface area contributed by atoms with Crippen molar-refractivity contribution in [3.05, 3.63) is 39.3 Å². The van der Waals surface area contributed by atoms with E-state index in [4.69, 9.17) is 5.73 Å². The number of nitro benzene ring substituents is 1. The molecular formula is C9H6N2O3S. The first kappa shape index (κ1) is 9.60. The molecule has 1 heterocycles. The lowest BCUT2D eigenvalue weighted by atomic mass is 10.1. The van der Waals surface area contributed by atoms with E-state index >= 15 is 0 Å². The summed E-state index contributed by atoms with van der Waals surface area (Å²) in [4.78, 5) is 21.0. The monoisotopic (exact) mass is 222 g/mol. The maximum absolute atomic E-state index is 11.0. The topological polar surface area (TPSA) is 86.2 Å². The molecule has 1 aromatic heterocycles. The van der Waals surface area contributed by atoms with Crippen LogP contribution in [0.4, 0.5) is 5.69 Å². The maximum atomic E-state index is 11.0. The molecule has 6 heteroatoms. The van der Waals surface area contributed by atoms with Crippen molar-refractivity contribution >= 4 is 33.0 Å². The molecule has 0 saturated carbocycles. The number of hydrogen-bond donors (Lipinski definition) is 1. The zero-order valence-electron chi connectivity index (χ0n) is 7.47. The Morgan fingerprint density at radius 3 is 2.80 bits per heavy atom. The van der Waals surface area contributed by atoms with E-state index in [9.17, 15) is 14.9 Å². The second-order valence-electron chi connectivity index (χ2n) is 2.95. The van der Waals surface area contributed by atoms with Crippen molar-refractivity contribution in [1.29, 1.82) is 0 Å². The van der Waals surface area contributed by atoms with Crippen LogP contribution in [0.3, 0.4) is 0 Å². The number of hydrogen-bond acceptors (Lipinski definition) is 4. The SMILES string of the molecule is NC(=O)c1csc2cc([N+](=O)[O-])ccc12. The van der Waals surface area contributed by atoms with Crippen LogP contribution in [0.5, 0.6) is 0 Å². The van der Waals surface area contributed by atoms with Gasteiger partial charge >= 0.3 is 0 Å². The molecule has 2 rings (SSSR count). The van der Waals surface area contributed by atoms with Gasteiger partial charge in [-0.2, -0.15) is 0 Å². The lowest BCUT2D eigenvalue weighted by molar-refractivity contribution is -0.384. The van der Waals surface area contributed by atoms with Crippen LogP contribution in [0.25, 0.3) is 10.1 Å². The van der Waals surface area contributed by atoms with Crippen molar-refractivity contribution in [2.75, 3.05) is 0 Å². The number of nitrogens with zero attached hydrogens (tertiary/aromatic N) is 1. The Morgan fingerprint density at radius 1 is 1.47 bits per heavy atom. The summed E-state index contributed by atoms with van der Waals surface area (Å²) in [6, 6.07) is 4.35. The molecule has 0 radical (unpaired) electrons. The quantitative estimate of drug-likeness (QED) is 0.622. The zero-order valence-corrected chi connectivity index (χ0v) is 8.28. The van der Waals surface area contributed by atoms with Crippen molar-refractivity contribution in [2.24, 2.45) is 5.73 Å². The molecule has 1 amide bonds. The number of amides is 1. The van der Waals surface area contributed by atoms with Gasteiger partial charge in [0.1, 0.15) is 0 Å². The van der Waals surface area contributed by atoms with E-state index in [0.717, 1.165) is 0 Å². The molecule has 0 atom stereocenters. The van der Waals surface area contributed by atoms with Gasteiger partial charge in [0.15, 0.2) is 0 Å². The average Bonchev–Trinajstić information content (AvgIpc) is 2.59. The molecule has 0 aliphatic heterocycles. The van der Waals surface area contributed by atoms with Gasteiger partial charge in [-0.1, -0.05) is 0 Å². The van der Waals surface area contributed by atoms with Crippen LogP contribution in [0, 0.1) is 10.1 Å². The zero-order chi connectivity index (χ0) is 11.0. The van der Waals surface area contributed by atoms with Crippen molar-refractivity contribution < 1.29 is 9.72 Å². The standard InChI is InChI=1S/C9H6N2O3S/c10-9(12)7-4-15-8-3-5(11(13)14)1-2-6(7)8/h1-4H,(H2,10,12). The fourth-order valence-corrected chi connectivity index (χ4v) is 2.30. The molecule has 5 nitrogen and oxygen atoms in total. The molecule has 0 saturated heterocycles. The maximum Gasteiger partial charge on any atom is 0.270 e. The van der Waals surface area contributed by atoms with Crippen LogP contribution in [0.1, 0.15) is 10.4 Å². The Kier molecular flexibility index (Phi) is 2.12. The third kappa shape index (κ3) is 1.55. The number of nitrogens with two attached hydrogens (primary N) is 1. The molecule has 0 aliphatic carbocycles. The summed E-state index contributed by atoms with van der Waals surface area (Å²) in [7, 11) is 0. The molecule has 76 valence electrons. The molecule has 15 heavy (non-hydrogen) atoms. The third-order valence-corrected chi connectivity index (χ3v) is 2.98. The molecule has 2 N–H and O–H groups in total. The van der Waals surface area contributed by atoms with Gasteiger partial charge < -0.3 is 5.73 Å². The van der Waals surface area contributed by atoms with E-state index in [2.05, 4.69) is 0 Å². The number of rotatable bonds is 2. The van der Waals surface area contributed by atoms with E-state index in [0.29, 0.717) is 15.6 Å². The summed E-state index contributed by atoms with van der Waals surface area (Å²) >= 11 is 1.27. The minimum absolute atomic E-state index is 0.0142. The number of non-ortho nitro benzene ring substituents is 1. The molecule has 0 fully saturated rings. The third-order valence-electron chi connectivity index (χ3n) is 2.04. The van der Waals surface area contributed by atoms with E-state index in [1.165, 1.54) is 23.5 Å². The van der Waals surface area contributed by atoms with E-state index in [-0.39, 0.29) is 5.69 Å². The number of carbonyl (C=O) groups excluding carboxylic acids is 1. The van der Waals surface area contributed by atoms with Crippen molar-refractivity contribution in [1.82, 2.24) is 0 Å². The van der Waals surface area contributed by atoms with Gasteiger partial charge in [0.25, 0.3) is 5.69 Å². The summed E-state index contributed by atoms with van der Waals surface area (Å²) in [5.74, 6) is -0.518. The van der Waals surface area contributed by atoms with E-state index < -0.39 is 10.8 Å². The predicted molar refractivity (Wildman–Crippen MR) is 57.0 cm³/mol. The fourth-order valence-electron chi connectivity index (χ4n) is 1.32. The molecular weight excluding hydrogens is 216 g/mol. The summed E-state index contributed by atoms with van der Waals surface area (Å²) in [6.45, 7) is 0. The Balaban J connectivity index is 2.66. The fraction of sp³-hybridized carbons (Fsp3) is 0. The number of fused-ring (bicyclic) bond motifs is 1. The molecule has 0 aliphatic rings. The second-order valence-corrected chi connectivity index (χ2v) is 3.86. The number of thiophene rings is 1. The van der Waals surface area contributed by atoms with Gasteiger partial charge in [-0.15, -0.1) is 11.3 Å². The number of benzene rings is 1. The lowest BCUT2D eigenvalue weighted by Gasteiger charge is -1.93. The van der Waals surface area contributed by atoms with E-state index in [1.54, 1.807) is 11.4 Å². The molecule has 0 spiro atoms. The van der Waals surface area contributed by atoms with Gasteiger partial charge in [0.05, 0.1) is 10.5 Å². The summed E-state index contributed by atoms with van der Waals surface area (Å²) in [5, 5.41) is 12.8. The van der Waals surface area contributed by atoms with Crippen molar-refractivity contribution in [3.8, 4) is 0 Å². The van der Waals surface area contributed by atoms with Gasteiger partial charge in [-0.3, -0.25) is 14.9 Å². The predicted octanol–water partition coefficient (Wildman–Crippen LogP) is 1.91. The van der Waals surface area contributed by atoms with Crippen LogP contribution in [0.2, 0.25) is 0 Å². The first-order chi connectivity index (χ1) is 7.09. The first-order valence-corrected chi connectivity index (χ1v) is 4.93. The highest BCUT2D eigenvalue weighted by molar-refractivity contribution is 7.17. The number of primary amides is 1. The largest absolute Gasteiger partial charge is 0.366 e. The summed E-state index contributed by atoms with van der Waals surface area (Å²) in [6.07, 6.45) is 0. The smallest absolute Gasteiger partial charge is 0.270 e. The van der Waals surface area contributed by atoms with Crippen LogP contribution < -0.4 is 5.73 Å². The van der Waals surface area contributed by atoms with Crippen molar-refractivity contribution in [2.45, 2.75) is 0 Å². The molecule has 2 aromatic rings. The molecule has 1 aromatic carbocycles.